The van der Waals surface area contributed by atoms with E-state index in [0.717, 1.165) is 24.3 Å². The van der Waals surface area contributed by atoms with Crippen molar-refractivity contribution in [2.24, 2.45) is 17.8 Å². The van der Waals surface area contributed by atoms with Gasteiger partial charge in [-0.25, -0.2) is 4.98 Å². The molecular formula is C15H25N3S. The third-order valence-electron chi connectivity index (χ3n) is 4.76. The molecule has 106 valence electrons. The van der Waals surface area contributed by atoms with Crippen LogP contribution >= 0.6 is 11.3 Å². The van der Waals surface area contributed by atoms with Gasteiger partial charge in [0.2, 0.25) is 0 Å². The van der Waals surface area contributed by atoms with E-state index >= 15 is 0 Å². The maximum absolute atomic E-state index is 4.43. The van der Waals surface area contributed by atoms with Gasteiger partial charge >= 0.3 is 0 Å². The van der Waals surface area contributed by atoms with Crippen molar-refractivity contribution in [3.63, 3.8) is 0 Å². The van der Waals surface area contributed by atoms with Gasteiger partial charge in [0.25, 0.3) is 0 Å². The number of aromatic nitrogens is 1. The minimum Gasteiger partial charge on any atom is -0.309 e. The Balaban J connectivity index is 1.61. The van der Waals surface area contributed by atoms with Crippen LogP contribution in [0.15, 0.2) is 11.6 Å². The van der Waals surface area contributed by atoms with E-state index in [4.69, 9.17) is 0 Å². The molecule has 0 radical (unpaired) electrons. The van der Waals surface area contributed by atoms with Gasteiger partial charge in [0.15, 0.2) is 0 Å². The quantitative estimate of drug-likeness (QED) is 0.844. The Morgan fingerprint density at radius 1 is 1.37 bits per heavy atom. The van der Waals surface area contributed by atoms with Crippen LogP contribution in [0.3, 0.4) is 0 Å². The van der Waals surface area contributed by atoms with Gasteiger partial charge in [-0.3, -0.25) is 4.90 Å². The zero-order chi connectivity index (χ0) is 13.2. The Bertz CT molecular complexity index is 390. The van der Waals surface area contributed by atoms with Gasteiger partial charge in [-0.05, 0) is 44.7 Å². The van der Waals surface area contributed by atoms with E-state index in [1.807, 2.05) is 6.20 Å². The van der Waals surface area contributed by atoms with Crippen LogP contribution in [0.25, 0.3) is 0 Å². The summed E-state index contributed by atoms with van der Waals surface area (Å²) in [5, 5.41) is 3.37. The molecule has 0 aromatic carbocycles. The number of hydrogen-bond donors (Lipinski definition) is 0. The van der Waals surface area contributed by atoms with E-state index in [2.05, 4.69) is 34.3 Å². The maximum Gasteiger partial charge on any atom is 0.107 e. The largest absolute Gasteiger partial charge is 0.309 e. The number of nitrogens with zero attached hydrogens (tertiary/aromatic N) is 3. The van der Waals surface area contributed by atoms with E-state index in [9.17, 15) is 0 Å². The van der Waals surface area contributed by atoms with Crippen LogP contribution in [-0.2, 0) is 6.54 Å². The van der Waals surface area contributed by atoms with Crippen molar-refractivity contribution in [3.8, 4) is 0 Å². The average molecular weight is 279 g/mol. The van der Waals surface area contributed by atoms with Crippen LogP contribution in [0.4, 0.5) is 0 Å². The molecule has 0 unspecified atom stereocenters. The van der Waals surface area contributed by atoms with Gasteiger partial charge in [-0.15, -0.1) is 11.3 Å². The van der Waals surface area contributed by atoms with Crippen LogP contribution in [0.5, 0.6) is 0 Å². The number of hydrogen-bond acceptors (Lipinski definition) is 4. The van der Waals surface area contributed by atoms with Crippen LogP contribution in [0, 0.1) is 17.8 Å². The van der Waals surface area contributed by atoms with Crippen molar-refractivity contribution in [2.75, 3.05) is 33.7 Å². The smallest absolute Gasteiger partial charge is 0.107 e. The summed E-state index contributed by atoms with van der Waals surface area (Å²) in [7, 11) is 4.43. The summed E-state index contributed by atoms with van der Waals surface area (Å²) in [5.74, 6) is 2.78. The summed E-state index contributed by atoms with van der Waals surface area (Å²) in [4.78, 5) is 9.45. The van der Waals surface area contributed by atoms with E-state index in [1.165, 1.54) is 43.9 Å². The normalized spacial score (nSPS) is 31.8. The van der Waals surface area contributed by atoms with Gasteiger partial charge in [0.05, 0.1) is 6.54 Å². The lowest BCUT2D eigenvalue weighted by Crippen LogP contribution is -2.34. The zero-order valence-electron chi connectivity index (χ0n) is 12.1. The van der Waals surface area contributed by atoms with Crippen LogP contribution in [0.1, 0.15) is 24.3 Å². The van der Waals surface area contributed by atoms with Crippen molar-refractivity contribution in [1.82, 2.24) is 14.8 Å². The fourth-order valence-corrected chi connectivity index (χ4v) is 4.69. The van der Waals surface area contributed by atoms with E-state index in [0.29, 0.717) is 0 Å². The zero-order valence-corrected chi connectivity index (χ0v) is 12.9. The first-order valence-corrected chi connectivity index (χ1v) is 8.36. The monoisotopic (exact) mass is 279 g/mol. The Kier molecular flexibility index (Phi) is 4.20. The van der Waals surface area contributed by atoms with Crippen LogP contribution in [-0.4, -0.2) is 48.5 Å². The molecule has 0 amide bonds. The van der Waals surface area contributed by atoms with Crippen LogP contribution < -0.4 is 0 Å². The summed E-state index contributed by atoms with van der Waals surface area (Å²) in [6.45, 7) is 4.93. The molecule has 3 atom stereocenters. The highest BCUT2D eigenvalue weighted by Gasteiger charge is 2.40. The Hall–Kier alpha value is -0.450. The average Bonchev–Trinajstić information content (AvgIpc) is 2.98. The SMILES string of the molecule is CN(C)C[C@@H]1CCC[C@@H]2CN(Cc3nccs3)C[C@H]21. The molecule has 1 saturated heterocycles. The molecule has 19 heavy (non-hydrogen) atoms. The predicted molar refractivity (Wildman–Crippen MR) is 80.3 cm³/mol. The third kappa shape index (κ3) is 3.18. The van der Waals surface area contributed by atoms with Gasteiger partial charge in [0.1, 0.15) is 5.01 Å². The number of rotatable bonds is 4. The minimum absolute atomic E-state index is 0.912. The molecule has 3 rings (SSSR count). The second-order valence-electron chi connectivity index (χ2n) is 6.50. The molecule has 2 aliphatic rings. The summed E-state index contributed by atoms with van der Waals surface area (Å²) >= 11 is 1.79. The minimum atomic E-state index is 0.912. The number of thiazole rings is 1. The fraction of sp³-hybridized carbons (Fsp3) is 0.800. The van der Waals surface area contributed by atoms with Gasteiger partial charge < -0.3 is 4.90 Å². The van der Waals surface area contributed by atoms with Gasteiger partial charge in [-0.1, -0.05) is 6.42 Å². The topological polar surface area (TPSA) is 19.4 Å². The first-order chi connectivity index (χ1) is 9.22. The standard InChI is InChI=1S/C15H25N3S/c1-17(2)8-12-4-3-5-13-9-18(10-14(12)13)11-15-16-6-7-19-15/h6-7,12-14H,3-5,8-11H2,1-2H3/t12-,13+,14-/m0/s1. The lowest BCUT2D eigenvalue weighted by molar-refractivity contribution is 0.158. The lowest BCUT2D eigenvalue weighted by Gasteiger charge is -2.34. The highest BCUT2D eigenvalue weighted by molar-refractivity contribution is 7.09. The summed E-state index contributed by atoms with van der Waals surface area (Å²) in [6, 6.07) is 0. The van der Waals surface area contributed by atoms with Crippen molar-refractivity contribution >= 4 is 11.3 Å². The molecule has 2 heterocycles. The summed E-state index contributed by atoms with van der Waals surface area (Å²) in [5.41, 5.74) is 0. The molecular weight excluding hydrogens is 254 g/mol. The molecule has 0 spiro atoms. The van der Waals surface area contributed by atoms with Crippen molar-refractivity contribution in [2.45, 2.75) is 25.8 Å². The van der Waals surface area contributed by atoms with Gasteiger partial charge in [-0.2, -0.15) is 0 Å². The Morgan fingerprint density at radius 2 is 2.26 bits per heavy atom. The first-order valence-electron chi connectivity index (χ1n) is 7.48. The summed E-state index contributed by atoms with van der Waals surface area (Å²) < 4.78 is 0. The highest BCUT2D eigenvalue weighted by atomic mass is 32.1. The maximum atomic E-state index is 4.43. The molecule has 1 aliphatic heterocycles. The Morgan fingerprint density at radius 3 is 3.00 bits per heavy atom. The number of fused-ring (bicyclic) bond motifs is 1. The molecule has 0 bridgehead atoms. The molecule has 3 nitrogen and oxygen atoms in total. The van der Waals surface area contributed by atoms with E-state index in [1.54, 1.807) is 11.3 Å². The number of likely N-dealkylation sites (tertiary alicyclic amines) is 1. The van der Waals surface area contributed by atoms with Crippen molar-refractivity contribution < 1.29 is 0 Å². The second-order valence-corrected chi connectivity index (χ2v) is 7.48. The molecule has 4 heteroatoms. The summed E-state index contributed by atoms with van der Waals surface area (Å²) in [6.07, 6.45) is 6.25. The molecule has 1 aromatic heterocycles. The van der Waals surface area contributed by atoms with Crippen molar-refractivity contribution in [3.05, 3.63) is 16.6 Å². The molecule has 2 fully saturated rings. The Labute approximate surface area is 120 Å². The highest BCUT2D eigenvalue weighted by Crippen LogP contribution is 2.40. The first kappa shape index (κ1) is 13.5. The van der Waals surface area contributed by atoms with E-state index in [-0.39, 0.29) is 0 Å². The predicted octanol–water partition coefficient (Wildman–Crippen LogP) is 2.55. The third-order valence-corrected chi connectivity index (χ3v) is 5.53. The van der Waals surface area contributed by atoms with E-state index < -0.39 is 0 Å². The molecule has 0 N–H and O–H groups in total. The molecule has 1 aliphatic carbocycles. The van der Waals surface area contributed by atoms with Crippen molar-refractivity contribution in [1.29, 1.82) is 0 Å². The molecule has 1 aromatic rings. The van der Waals surface area contributed by atoms with Crippen LogP contribution in [0.2, 0.25) is 0 Å². The molecule has 1 saturated carbocycles. The van der Waals surface area contributed by atoms with Gasteiger partial charge in [0, 0.05) is 31.2 Å². The fourth-order valence-electron chi connectivity index (χ4n) is 4.03. The second kappa shape index (κ2) is 5.90. The lowest BCUT2D eigenvalue weighted by atomic mass is 9.74.